The Labute approximate surface area is 127 Å². The van der Waals surface area contributed by atoms with Gasteiger partial charge in [-0.15, -0.1) is 24.0 Å². The lowest BCUT2D eigenvalue weighted by molar-refractivity contribution is 0.157. The molecule has 1 saturated heterocycles. The molecule has 1 rings (SSSR count). The number of likely N-dealkylation sites (tertiary alicyclic amines) is 1. The van der Waals surface area contributed by atoms with Crippen molar-refractivity contribution in [3.63, 3.8) is 0 Å². The quantitative estimate of drug-likeness (QED) is 0.330. The fraction of sp³-hybridized carbons (Fsp3) is 0.917. The van der Waals surface area contributed by atoms with Gasteiger partial charge in [-0.25, -0.2) is 0 Å². The Morgan fingerprint density at radius 1 is 1.39 bits per heavy atom. The molecular formula is C12H26IN3O2. The predicted molar refractivity (Wildman–Crippen MR) is 84.8 cm³/mol. The maximum atomic E-state index is 5.21. The lowest BCUT2D eigenvalue weighted by Crippen LogP contribution is -2.40. The first-order chi connectivity index (χ1) is 8.31. The van der Waals surface area contributed by atoms with Crippen molar-refractivity contribution in [1.82, 2.24) is 10.2 Å². The van der Waals surface area contributed by atoms with E-state index in [1.54, 1.807) is 14.2 Å². The van der Waals surface area contributed by atoms with Crippen molar-refractivity contribution in [2.75, 3.05) is 53.6 Å². The van der Waals surface area contributed by atoms with Crippen LogP contribution in [0.3, 0.4) is 0 Å². The van der Waals surface area contributed by atoms with Crippen molar-refractivity contribution in [3.05, 3.63) is 0 Å². The first-order valence-corrected chi connectivity index (χ1v) is 6.33. The molecule has 108 valence electrons. The number of hydrogen-bond acceptors (Lipinski definition) is 3. The third-order valence-electron chi connectivity index (χ3n) is 2.88. The molecule has 0 aliphatic carbocycles. The highest BCUT2D eigenvalue weighted by molar-refractivity contribution is 14.0. The standard InChI is InChI=1S/C12H25N3O2.HI/c1-4-13-12(14-6-8-16-2)15-7-5-11(9-15)10-17-3;/h11H,4-10H2,1-3H3,(H,13,14);1H. The minimum atomic E-state index is 0. The second kappa shape index (κ2) is 10.8. The van der Waals surface area contributed by atoms with Crippen LogP contribution in [-0.2, 0) is 9.47 Å². The van der Waals surface area contributed by atoms with Crippen LogP contribution in [0, 0.1) is 5.92 Å². The van der Waals surface area contributed by atoms with Gasteiger partial charge in [0.05, 0.1) is 19.8 Å². The molecule has 18 heavy (non-hydrogen) atoms. The highest BCUT2D eigenvalue weighted by atomic mass is 127. The minimum Gasteiger partial charge on any atom is -0.384 e. The number of rotatable bonds is 6. The van der Waals surface area contributed by atoms with E-state index in [1.165, 1.54) is 6.42 Å². The Bertz CT molecular complexity index is 239. The van der Waals surface area contributed by atoms with Gasteiger partial charge < -0.3 is 19.7 Å². The van der Waals surface area contributed by atoms with Crippen molar-refractivity contribution in [1.29, 1.82) is 0 Å². The first-order valence-electron chi connectivity index (χ1n) is 6.33. The van der Waals surface area contributed by atoms with E-state index < -0.39 is 0 Å². The molecule has 0 amide bonds. The summed E-state index contributed by atoms with van der Waals surface area (Å²) in [7, 11) is 3.47. The summed E-state index contributed by atoms with van der Waals surface area (Å²) in [6.45, 7) is 7.31. The van der Waals surface area contributed by atoms with Gasteiger partial charge in [-0.3, -0.25) is 4.99 Å². The topological polar surface area (TPSA) is 46.1 Å². The average molecular weight is 371 g/mol. The van der Waals surface area contributed by atoms with Crippen LogP contribution in [0.15, 0.2) is 4.99 Å². The molecule has 0 saturated carbocycles. The number of guanidine groups is 1. The molecule has 1 unspecified atom stereocenters. The lowest BCUT2D eigenvalue weighted by atomic mass is 10.1. The molecule has 1 fully saturated rings. The SMILES string of the molecule is CCNC(=NCCOC)N1CCC(COC)C1.I. The summed E-state index contributed by atoms with van der Waals surface area (Å²) in [5.41, 5.74) is 0. The maximum absolute atomic E-state index is 5.21. The number of halogens is 1. The first kappa shape index (κ1) is 17.9. The zero-order valence-electron chi connectivity index (χ0n) is 11.6. The predicted octanol–water partition coefficient (Wildman–Crippen LogP) is 1.18. The van der Waals surface area contributed by atoms with Crippen LogP contribution in [0.4, 0.5) is 0 Å². The van der Waals surface area contributed by atoms with Gasteiger partial charge in [0, 0.05) is 39.8 Å². The number of nitrogens with one attached hydrogen (secondary N) is 1. The third kappa shape index (κ3) is 6.19. The lowest BCUT2D eigenvalue weighted by Gasteiger charge is -2.21. The van der Waals surface area contributed by atoms with E-state index in [1.807, 2.05) is 0 Å². The van der Waals surface area contributed by atoms with Gasteiger partial charge in [-0.05, 0) is 13.3 Å². The van der Waals surface area contributed by atoms with Crippen LogP contribution in [0.1, 0.15) is 13.3 Å². The van der Waals surface area contributed by atoms with E-state index in [0.29, 0.717) is 19.1 Å². The van der Waals surface area contributed by atoms with Crippen LogP contribution in [0.5, 0.6) is 0 Å². The molecule has 1 heterocycles. The van der Waals surface area contributed by atoms with Gasteiger partial charge in [-0.2, -0.15) is 0 Å². The fourth-order valence-electron chi connectivity index (χ4n) is 2.07. The Morgan fingerprint density at radius 3 is 2.78 bits per heavy atom. The number of methoxy groups -OCH3 is 2. The number of nitrogens with zero attached hydrogens (tertiary/aromatic N) is 2. The molecule has 0 spiro atoms. The van der Waals surface area contributed by atoms with Crippen LogP contribution in [0.2, 0.25) is 0 Å². The van der Waals surface area contributed by atoms with Gasteiger partial charge in [-0.1, -0.05) is 0 Å². The molecule has 0 bridgehead atoms. The van der Waals surface area contributed by atoms with Crippen LogP contribution < -0.4 is 5.32 Å². The normalized spacial score (nSPS) is 19.8. The Hall–Kier alpha value is -0.0800. The molecule has 1 atom stereocenters. The Balaban J connectivity index is 0.00000289. The summed E-state index contributed by atoms with van der Waals surface area (Å²) >= 11 is 0. The van der Waals surface area contributed by atoms with Crippen molar-refractivity contribution in [2.45, 2.75) is 13.3 Å². The molecule has 5 nitrogen and oxygen atoms in total. The third-order valence-corrected chi connectivity index (χ3v) is 2.88. The van der Waals surface area contributed by atoms with Crippen molar-refractivity contribution in [3.8, 4) is 0 Å². The Morgan fingerprint density at radius 2 is 2.17 bits per heavy atom. The Kier molecular flexibility index (Phi) is 10.8. The number of ether oxygens (including phenoxy) is 2. The fourth-order valence-corrected chi connectivity index (χ4v) is 2.07. The highest BCUT2D eigenvalue weighted by Gasteiger charge is 2.24. The molecule has 6 heteroatoms. The summed E-state index contributed by atoms with van der Waals surface area (Å²) in [5, 5.41) is 3.33. The van der Waals surface area contributed by atoms with E-state index in [0.717, 1.165) is 32.2 Å². The van der Waals surface area contributed by atoms with E-state index >= 15 is 0 Å². The molecule has 1 aliphatic heterocycles. The molecular weight excluding hydrogens is 345 g/mol. The molecule has 1 N–H and O–H groups in total. The number of aliphatic imine (C=N–C) groups is 1. The van der Waals surface area contributed by atoms with Gasteiger partial charge in [0.2, 0.25) is 0 Å². The summed E-state index contributed by atoms with van der Waals surface area (Å²) in [4.78, 5) is 6.85. The maximum Gasteiger partial charge on any atom is 0.194 e. The van der Waals surface area contributed by atoms with Gasteiger partial charge in [0.15, 0.2) is 5.96 Å². The van der Waals surface area contributed by atoms with E-state index in [2.05, 4.69) is 22.1 Å². The van der Waals surface area contributed by atoms with Crippen LogP contribution >= 0.6 is 24.0 Å². The van der Waals surface area contributed by atoms with E-state index in [9.17, 15) is 0 Å². The summed E-state index contributed by atoms with van der Waals surface area (Å²) in [6, 6.07) is 0. The molecule has 0 aromatic heterocycles. The molecule has 1 aliphatic rings. The molecule has 0 radical (unpaired) electrons. The van der Waals surface area contributed by atoms with Gasteiger partial charge >= 0.3 is 0 Å². The van der Waals surface area contributed by atoms with Crippen LogP contribution in [0.25, 0.3) is 0 Å². The van der Waals surface area contributed by atoms with E-state index in [-0.39, 0.29) is 24.0 Å². The average Bonchev–Trinajstić information content (AvgIpc) is 2.77. The second-order valence-corrected chi connectivity index (χ2v) is 4.28. The summed E-state index contributed by atoms with van der Waals surface area (Å²) in [6.07, 6.45) is 1.18. The zero-order valence-corrected chi connectivity index (χ0v) is 14.0. The van der Waals surface area contributed by atoms with Gasteiger partial charge in [0.25, 0.3) is 0 Å². The molecule has 0 aromatic carbocycles. The zero-order chi connectivity index (χ0) is 12.5. The summed E-state index contributed by atoms with van der Waals surface area (Å²) in [5.74, 6) is 1.63. The van der Waals surface area contributed by atoms with Crippen molar-refractivity contribution < 1.29 is 9.47 Å². The largest absolute Gasteiger partial charge is 0.384 e. The van der Waals surface area contributed by atoms with E-state index in [4.69, 9.17) is 9.47 Å². The van der Waals surface area contributed by atoms with Gasteiger partial charge in [0.1, 0.15) is 0 Å². The minimum absolute atomic E-state index is 0. The van der Waals surface area contributed by atoms with Crippen LogP contribution in [-0.4, -0.2) is 64.5 Å². The molecule has 0 aromatic rings. The van der Waals surface area contributed by atoms with Crippen molar-refractivity contribution in [2.24, 2.45) is 10.9 Å². The second-order valence-electron chi connectivity index (χ2n) is 4.28. The monoisotopic (exact) mass is 371 g/mol. The van der Waals surface area contributed by atoms with Crippen molar-refractivity contribution >= 4 is 29.9 Å². The smallest absolute Gasteiger partial charge is 0.194 e. The summed E-state index contributed by atoms with van der Waals surface area (Å²) < 4.78 is 10.2. The highest BCUT2D eigenvalue weighted by Crippen LogP contribution is 2.16. The number of hydrogen-bond donors (Lipinski definition) is 1.